The Hall–Kier alpha value is -1.60. The van der Waals surface area contributed by atoms with Gasteiger partial charge in [-0.2, -0.15) is 8.42 Å². The molecule has 0 heterocycles. The van der Waals surface area contributed by atoms with E-state index in [0.717, 1.165) is 24.8 Å². The average molecular weight is 387 g/mol. The molecule has 0 unspecified atom stereocenters. The molecule has 0 bridgehead atoms. The maximum Gasteiger partial charge on any atom is 0.446 e. The zero-order valence-corrected chi connectivity index (χ0v) is 16.3. The maximum atomic E-state index is 11.1. The molecule has 0 saturated carbocycles. The van der Waals surface area contributed by atoms with E-state index >= 15 is 0 Å². The highest BCUT2D eigenvalue weighted by molar-refractivity contribution is 7.81. The highest BCUT2D eigenvalue weighted by atomic mass is 32.3. The summed E-state index contributed by atoms with van der Waals surface area (Å²) in [5.41, 5.74) is 0.489. The molecular formula is C19H30O6S. The molecule has 6 nitrogen and oxygen atoms in total. The maximum absolute atomic E-state index is 11.1. The molecule has 1 rings (SSSR count). The van der Waals surface area contributed by atoms with Crippen LogP contribution < -0.4 is 4.18 Å². The number of unbranched alkanes of at least 4 members (excludes halogenated alkanes) is 9. The summed E-state index contributed by atoms with van der Waals surface area (Å²) in [6.07, 6.45) is 12.9. The van der Waals surface area contributed by atoms with Crippen LogP contribution in [0.1, 0.15) is 87.1 Å². The number of aryl methyl sites for hydroxylation is 1. The van der Waals surface area contributed by atoms with Crippen LogP contribution >= 0.6 is 0 Å². The molecule has 1 aromatic rings. The second kappa shape index (κ2) is 11.9. The van der Waals surface area contributed by atoms with Gasteiger partial charge < -0.3 is 9.29 Å². The van der Waals surface area contributed by atoms with E-state index in [1.54, 1.807) is 6.07 Å². The summed E-state index contributed by atoms with van der Waals surface area (Å²) >= 11 is 0. The number of carboxylic acid groups (broad SMARTS) is 1. The molecule has 26 heavy (non-hydrogen) atoms. The summed E-state index contributed by atoms with van der Waals surface area (Å²) in [6, 6.07) is 4.31. The van der Waals surface area contributed by atoms with Crippen molar-refractivity contribution in [3.05, 3.63) is 29.3 Å². The number of hydrogen-bond donors (Lipinski definition) is 2. The van der Waals surface area contributed by atoms with Crippen molar-refractivity contribution in [1.29, 1.82) is 0 Å². The molecule has 0 aromatic heterocycles. The van der Waals surface area contributed by atoms with Gasteiger partial charge in [-0.05, 0) is 30.5 Å². The molecule has 0 saturated heterocycles. The first-order chi connectivity index (χ1) is 12.3. The first-order valence-electron chi connectivity index (χ1n) is 9.36. The molecule has 0 atom stereocenters. The lowest BCUT2D eigenvalue weighted by Gasteiger charge is -2.08. The Bertz CT molecular complexity index is 654. The fourth-order valence-corrected chi connectivity index (χ4v) is 3.26. The molecule has 148 valence electrons. The minimum Gasteiger partial charge on any atom is -0.478 e. The lowest BCUT2D eigenvalue weighted by Crippen LogP contribution is -2.10. The second-order valence-corrected chi connectivity index (χ2v) is 7.60. The Labute approximate surface area is 156 Å². The van der Waals surface area contributed by atoms with Crippen LogP contribution in [0.15, 0.2) is 18.2 Å². The molecular weight excluding hydrogens is 356 g/mol. The lowest BCUT2D eigenvalue weighted by atomic mass is 10.0. The van der Waals surface area contributed by atoms with Crippen molar-refractivity contribution in [3.63, 3.8) is 0 Å². The zero-order chi connectivity index (χ0) is 19.4. The molecule has 0 aliphatic carbocycles. The van der Waals surface area contributed by atoms with Gasteiger partial charge in [0.15, 0.2) is 5.75 Å². The summed E-state index contributed by atoms with van der Waals surface area (Å²) in [4.78, 5) is 11.1. The largest absolute Gasteiger partial charge is 0.478 e. The van der Waals surface area contributed by atoms with E-state index < -0.39 is 16.4 Å². The quantitative estimate of drug-likeness (QED) is 0.343. The van der Waals surface area contributed by atoms with E-state index in [1.807, 2.05) is 0 Å². The predicted octanol–water partition coefficient (Wildman–Crippen LogP) is 5.03. The van der Waals surface area contributed by atoms with Crippen LogP contribution in [0.4, 0.5) is 0 Å². The smallest absolute Gasteiger partial charge is 0.446 e. The lowest BCUT2D eigenvalue weighted by molar-refractivity contribution is 0.0695. The monoisotopic (exact) mass is 386 g/mol. The molecule has 0 fully saturated rings. The third-order valence-electron chi connectivity index (χ3n) is 4.29. The Morgan fingerprint density at radius 1 is 0.962 bits per heavy atom. The van der Waals surface area contributed by atoms with Crippen LogP contribution in [0.25, 0.3) is 0 Å². The van der Waals surface area contributed by atoms with Crippen LogP contribution in [0.3, 0.4) is 0 Å². The normalized spacial score (nSPS) is 11.5. The van der Waals surface area contributed by atoms with Crippen LogP contribution in [-0.2, 0) is 16.8 Å². The Kier molecular flexibility index (Phi) is 10.3. The Morgan fingerprint density at radius 3 is 2.00 bits per heavy atom. The van der Waals surface area contributed by atoms with Crippen molar-refractivity contribution in [3.8, 4) is 5.75 Å². The summed E-state index contributed by atoms with van der Waals surface area (Å²) in [5.74, 6) is -1.67. The highest BCUT2D eigenvalue weighted by Gasteiger charge is 2.17. The van der Waals surface area contributed by atoms with Crippen molar-refractivity contribution >= 4 is 16.4 Å². The highest BCUT2D eigenvalue weighted by Crippen LogP contribution is 2.23. The molecule has 0 spiro atoms. The van der Waals surface area contributed by atoms with Gasteiger partial charge in [-0.15, -0.1) is 0 Å². The van der Waals surface area contributed by atoms with Crippen LogP contribution in [-0.4, -0.2) is 24.0 Å². The van der Waals surface area contributed by atoms with Gasteiger partial charge in [-0.3, -0.25) is 4.55 Å². The van der Waals surface area contributed by atoms with Gasteiger partial charge in [-0.25, -0.2) is 4.79 Å². The molecule has 0 radical (unpaired) electrons. The van der Waals surface area contributed by atoms with Crippen molar-refractivity contribution in [2.75, 3.05) is 0 Å². The topological polar surface area (TPSA) is 101 Å². The Morgan fingerprint density at radius 2 is 1.50 bits per heavy atom. The number of carbonyl (C=O) groups is 1. The van der Waals surface area contributed by atoms with Crippen molar-refractivity contribution in [2.24, 2.45) is 0 Å². The number of aromatic carboxylic acids is 1. The van der Waals surface area contributed by atoms with E-state index in [2.05, 4.69) is 11.1 Å². The standard InChI is InChI=1S/C19H30O6S/c1-2-3-4-5-6-7-8-9-10-11-12-16-13-14-17(19(20)21)18(15-16)25-26(22,23)24/h13-15H,2-12H2,1H3,(H,20,21)(H,22,23,24). The number of hydrogen-bond acceptors (Lipinski definition) is 4. The van der Waals surface area contributed by atoms with Gasteiger partial charge in [0.2, 0.25) is 0 Å². The summed E-state index contributed by atoms with van der Waals surface area (Å²) in [7, 11) is -4.76. The fraction of sp³-hybridized carbons (Fsp3) is 0.632. The SMILES string of the molecule is CCCCCCCCCCCCc1ccc(C(=O)O)c(OS(=O)(=O)O)c1. The second-order valence-electron chi connectivity index (χ2n) is 6.58. The zero-order valence-electron chi connectivity index (χ0n) is 15.4. The van der Waals surface area contributed by atoms with Gasteiger partial charge in [0.05, 0.1) is 0 Å². The van der Waals surface area contributed by atoms with E-state index in [4.69, 9.17) is 9.66 Å². The van der Waals surface area contributed by atoms with Crippen molar-refractivity contribution in [2.45, 2.75) is 77.6 Å². The Balaban J connectivity index is 2.36. The molecule has 0 amide bonds. The fourth-order valence-electron chi connectivity index (χ4n) is 2.90. The van der Waals surface area contributed by atoms with Gasteiger partial charge in [0, 0.05) is 0 Å². The third-order valence-corrected chi connectivity index (χ3v) is 4.68. The molecule has 2 N–H and O–H groups in total. The number of benzene rings is 1. The third kappa shape index (κ3) is 9.77. The summed E-state index contributed by atoms with van der Waals surface area (Å²) in [6.45, 7) is 2.22. The first kappa shape index (κ1) is 22.4. The van der Waals surface area contributed by atoms with Gasteiger partial charge in [-0.1, -0.05) is 70.8 Å². The first-order valence-corrected chi connectivity index (χ1v) is 10.7. The van der Waals surface area contributed by atoms with Crippen LogP contribution in [0.5, 0.6) is 5.75 Å². The predicted molar refractivity (Wildman–Crippen MR) is 101 cm³/mol. The summed E-state index contributed by atoms with van der Waals surface area (Å²) < 4.78 is 34.9. The minimum absolute atomic E-state index is 0.297. The van der Waals surface area contributed by atoms with Crippen LogP contribution in [0, 0.1) is 0 Å². The minimum atomic E-state index is -4.76. The van der Waals surface area contributed by atoms with Gasteiger partial charge >= 0.3 is 16.4 Å². The number of rotatable bonds is 14. The van der Waals surface area contributed by atoms with E-state index in [-0.39, 0.29) is 11.3 Å². The van der Waals surface area contributed by atoms with Gasteiger partial charge in [0.1, 0.15) is 5.56 Å². The number of carboxylic acids is 1. The molecule has 0 aliphatic heterocycles. The van der Waals surface area contributed by atoms with E-state index in [0.29, 0.717) is 6.42 Å². The summed E-state index contributed by atoms with van der Waals surface area (Å²) in [5, 5.41) is 9.06. The van der Waals surface area contributed by atoms with Crippen molar-refractivity contribution in [1.82, 2.24) is 0 Å². The molecule has 7 heteroatoms. The molecule has 1 aromatic carbocycles. The van der Waals surface area contributed by atoms with Crippen LogP contribution in [0.2, 0.25) is 0 Å². The molecule has 0 aliphatic rings. The van der Waals surface area contributed by atoms with E-state index in [9.17, 15) is 13.2 Å². The van der Waals surface area contributed by atoms with E-state index in [1.165, 1.54) is 57.1 Å². The van der Waals surface area contributed by atoms with Gasteiger partial charge in [0.25, 0.3) is 0 Å². The van der Waals surface area contributed by atoms with Crippen molar-refractivity contribution < 1.29 is 27.1 Å². The average Bonchev–Trinajstić information content (AvgIpc) is 2.55.